The van der Waals surface area contributed by atoms with E-state index in [0.717, 1.165) is 10.0 Å². The third-order valence-corrected chi connectivity index (χ3v) is 5.16. The van der Waals surface area contributed by atoms with Crippen molar-refractivity contribution >= 4 is 25.8 Å². The molecule has 0 saturated carbocycles. The number of aliphatic hydroxyl groups is 1. The third kappa shape index (κ3) is 3.05. The molecule has 1 aliphatic rings. The zero-order valence-electron chi connectivity index (χ0n) is 10.0. The molecule has 1 N–H and O–H groups in total. The van der Waals surface area contributed by atoms with Gasteiger partial charge in [0.15, 0.2) is 9.84 Å². The topological polar surface area (TPSA) is 63.6 Å². The molecular formula is C12H15BrO4S. The quantitative estimate of drug-likeness (QED) is 0.915. The van der Waals surface area contributed by atoms with Crippen LogP contribution in [0, 0.1) is 6.92 Å². The summed E-state index contributed by atoms with van der Waals surface area (Å²) in [6.07, 6.45) is 0.211. The van der Waals surface area contributed by atoms with Crippen molar-refractivity contribution in [3.05, 3.63) is 27.7 Å². The molecule has 0 amide bonds. The van der Waals surface area contributed by atoms with Gasteiger partial charge in [0.25, 0.3) is 0 Å². The summed E-state index contributed by atoms with van der Waals surface area (Å²) in [5.41, 5.74) is 1.56. The van der Waals surface area contributed by atoms with Crippen LogP contribution in [0.4, 0.5) is 0 Å². The molecule has 18 heavy (non-hydrogen) atoms. The number of hydrogen-bond donors (Lipinski definition) is 1. The lowest BCUT2D eigenvalue weighted by Crippen LogP contribution is -2.19. The van der Waals surface area contributed by atoms with E-state index in [4.69, 9.17) is 4.74 Å². The summed E-state index contributed by atoms with van der Waals surface area (Å²) in [5.74, 6) is 0.845. The number of halogens is 1. The molecular weight excluding hydrogens is 320 g/mol. The van der Waals surface area contributed by atoms with E-state index in [0.29, 0.717) is 17.7 Å². The van der Waals surface area contributed by atoms with Crippen molar-refractivity contribution in [2.45, 2.75) is 26.1 Å². The zero-order valence-corrected chi connectivity index (χ0v) is 12.4. The Balaban J connectivity index is 2.24. The van der Waals surface area contributed by atoms with Crippen molar-refractivity contribution in [2.24, 2.45) is 0 Å². The Kier molecular flexibility index (Phi) is 3.99. The molecule has 0 bridgehead atoms. The van der Waals surface area contributed by atoms with Crippen molar-refractivity contribution in [1.82, 2.24) is 0 Å². The van der Waals surface area contributed by atoms with Crippen LogP contribution in [-0.4, -0.2) is 31.1 Å². The molecule has 1 aromatic rings. The van der Waals surface area contributed by atoms with Crippen LogP contribution in [0.25, 0.3) is 0 Å². The maximum atomic E-state index is 11.4. The number of aryl methyl sites for hydroxylation is 1. The number of hydrogen-bond acceptors (Lipinski definition) is 4. The molecule has 1 unspecified atom stereocenters. The smallest absolute Gasteiger partial charge is 0.154 e. The van der Waals surface area contributed by atoms with Crippen LogP contribution < -0.4 is 4.74 Å². The van der Waals surface area contributed by atoms with Crippen LogP contribution in [0.5, 0.6) is 5.75 Å². The van der Waals surface area contributed by atoms with Gasteiger partial charge < -0.3 is 9.84 Å². The molecule has 1 aliphatic heterocycles. The van der Waals surface area contributed by atoms with Crippen LogP contribution in [0.3, 0.4) is 0 Å². The van der Waals surface area contributed by atoms with E-state index in [2.05, 4.69) is 15.9 Å². The average Bonchev–Trinajstić information content (AvgIpc) is 2.61. The molecule has 4 nitrogen and oxygen atoms in total. The molecule has 1 fully saturated rings. The van der Waals surface area contributed by atoms with Crippen molar-refractivity contribution in [1.29, 1.82) is 0 Å². The summed E-state index contributed by atoms with van der Waals surface area (Å²) in [4.78, 5) is 0. The van der Waals surface area contributed by atoms with Gasteiger partial charge in [-0.3, -0.25) is 0 Å². The normalized spacial score (nSPS) is 22.1. The van der Waals surface area contributed by atoms with Crippen LogP contribution in [0.15, 0.2) is 16.6 Å². The van der Waals surface area contributed by atoms with Gasteiger partial charge in [0, 0.05) is 10.0 Å². The number of rotatable bonds is 3. The van der Waals surface area contributed by atoms with Gasteiger partial charge in [0.1, 0.15) is 11.9 Å². The molecule has 1 aromatic carbocycles. The lowest BCUT2D eigenvalue weighted by molar-refractivity contribution is 0.214. The van der Waals surface area contributed by atoms with Gasteiger partial charge in [0.05, 0.1) is 18.1 Å². The van der Waals surface area contributed by atoms with Crippen molar-refractivity contribution < 1.29 is 18.3 Å². The van der Waals surface area contributed by atoms with Gasteiger partial charge in [-0.15, -0.1) is 0 Å². The zero-order chi connectivity index (χ0) is 13.3. The second kappa shape index (κ2) is 5.19. The van der Waals surface area contributed by atoms with Crippen LogP contribution >= 0.6 is 15.9 Å². The monoisotopic (exact) mass is 334 g/mol. The van der Waals surface area contributed by atoms with Gasteiger partial charge in [-0.25, -0.2) is 8.42 Å². The lowest BCUT2D eigenvalue weighted by atomic mass is 10.1. The number of benzene rings is 1. The van der Waals surface area contributed by atoms with E-state index in [1.165, 1.54) is 0 Å². The highest BCUT2D eigenvalue weighted by molar-refractivity contribution is 9.10. The van der Waals surface area contributed by atoms with E-state index in [9.17, 15) is 13.5 Å². The Labute approximate surface area is 115 Å². The van der Waals surface area contributed by atoms with Crippen LogP contribution in [-0.2, 0) is 16.4 Å². The first kappa shape index (κ1) is 13.8. The first-order valence-corrected chi connectivity index (χ1v) is 8.29. The molecule has 0 aliphatic carbocycles. The minimum Gasteiger partial charge on any atom is -0.489 e. The minimum atomic E-state index is -2.95. The first-order valence-electron chi connectivity index (χ1n) is 5.68. The van der Waals surface area contributed by atoms with Gasteiger partial charge >= 0.3 is 0 Å². The third-order valence-electron chi connectivity index (χ3n) is 2.96. The average molecular weight is 335 g/mol. The summed E-state index contributed by atoms with van der Waals surface area (Å²) < 4.78 is 29.4. The minimum absolute atomic E-state index is 0.0629. The Hall–Kier alpha value is -0.590. The highest BCUT2D eigenvalue weighted by Crippen LogP contribution is 2.30. The molecule has 0 radical (unpaired) electrons. The Morgan fingerprint density at radius 1 is 1.50 bits per heavy atom. The summed E-state index contributed by atoms with van der Waals surface area (Å²) in [5, 5.41) is 9.32. The largest absolute Gasteiger partial charge is 0.489 e. The maximum absolute atomic E-state index is 11.4. The van der Waals surface area contributed by atoms with E-state index in [1.54, 1.807) is 6.07 Å². The number of ether oxygens (including phenoxy) is 1. The summed E-state index contributed by atoms with van der Waals surface area (Å²) >= 11 is 3.36. The molecule has 6 heteroatoms. The molecule has 0 aromatic heterocycles. The van der Waals surface area contributed by atoms with E-state index in [1.807, 2.05) is 13.0 Å². The van der Waals surface area contributed by atoms with Gasteiger partial charge in [-0.1, -0.05) is 15.9 Å². The molecule has 1 atom stereocenters. The van der Waals surface area contributed by atoms with Crippen molar-refractivity contribution in [3.63, 3.8) is 0 Å². The number of sulfone groups is 1. The second-order valence-electron chi connectivity index (χ2n) is 4.51. The predicted molar refractivity (Wildman–Crippen MR) is 72.5 cm³/mol. The van der Waals surface area contributed by atoms with Gasteiger partial charge in [-0.05, 0) is 31.0 Å². The van der Waals surface area contributed by atoms with Crippen molar-refractivity contribution in [2.75, 3.05) is 11.5 Å². The summed E-state index contributed by atoms with van der Waals surface area (Å²) in [6.45, 7) is 1.75. The highest BCUT2D eigenvalue weighted by Gasteiger charge is 2.30. The molecule has 100 valence electrons. The highest BCUT2D eigenvalue weighted by atomic mass is 79.9. The van der Waals surface area contributed by atoms with E-state index < -0.39 is 9.84 Å². The number of aliphatic hydroxyl groups excluding tert-OH is 1. The fraction of sp³-hybridized carbons (Fsp3) is 0.500. The van der Waals surface area contributed by atoms with E-state index in [-0.39, 0.29) is 24.2 Å². The maximum Gasteiger partial charge on any atom is 0.154 e. The van der Waals surface area contributed by atoms with Crippen molar-refractivity contribution in [3.8, 4) is 5.75 Å². The Morgan fingerprint density at radius 3 is 2.78 bits per heavy atom. The standard InChI is InChI=1S/C12H15BrO4S/c1-8-4-10(13)5-9(6-14)12(8)17-11-2-3-18(15,16)7-11/h4-5,11,14H,2-3,6-7H2,1H3. The van der Waals surface area contributed by atoms with Crippen LogP contribution in [0.2, 0.25) is 0 Å². The fourth-order valence-electron chi connectivity index (χ4n) is 2.11. The SMILES string of the molecule is Cc1cc(Br)cc(CO)c1OC1CCS(=O)(=O)C1. The Bertz CT molecular complexity index is 553. The lowest BCUT2D eigenvalue weighted by Gasteiger charge is -2.17. The molecule has 0 spiro atoms. The van der Waals surface area contributed by atoms with E-state index >= 15 is 0 Å². The molecule has 2 rings (SSSR count). The molecule has 1 heterocycles. The predicted octanol–water partition coefficient (Wildman–Crippen LogP) is 1.82. The van der Waals surface area contributed by atoms with Crippen LogP contribution in [0.1, 0.15) is 17.5 Å². The van der Waals surface area contributed by atoms with Gasteiger partial charge in [0.2, 0.25) is 0 Å². The Morgan fingerprint density at radius 2 is 2.22 bits per heavy atom. The van der Waals surface area contributed by atoms with Gasteiger partial charge in [-0.2, -0.15) is 0 Å². The molecule has 1 saturated heterocycles. The second-order valence-corrected chi connectivity index (χ2v) is 7.66. The summed E-state index contributed by atoms with van der Waals surface area (Å²) in [6, 6.07) is 3.67. The fourth-order valence-corrected chi connectivity index (χ4v) is 4.32. The summed E-state index contributed by atoms with van der Waals surface area (Å²) in [7, 11) is -2.95. The first-order chi connectivity index (χ1) is 8.41.